The number of carbonyl (C=O) groups excluding carboxylic acids is 2. The molecular weight excluding hydrogens is 424 g/mol. The van der Waals surface area contributed by atoms with Crippen LogP contribution in [0.25, 0.3) is 0 Å². The number of benzene rings is 2. The summed E-state index contributed by atoms with van der Waals surface area (Å²) in [6.07, 6.45) is 0. The molecule has 1 N–H and O–H groups in total. The lowest BCUT2D eigenvalue weighted by Crippen LogP contribution is -2.32. The lowest BCUT2D eigenvalue weighted by molar-refractivity contribution is -0.124. The van der Waals surface area contributed by atoms with E-state index >= 15 is 0 Å². The number of halogens is 3. The zero-order valence-corrected chi connectivity index (χ0v) is 16.7. The van der Waals surface area contributed by atoms with Gasteiger partial charge in [-0.1, -0.05) is 47.5 Å². The molecule has 0 aliphatic rings. The maximum atomic E-state index is 13.2. The van der Waals surface area contributed by atoms with E-state index in [1.54, 1.807) is 18.2 Å². The van der Waals surface area contributed by atoms with Crippen LogP contribution in [-0.4, -0.2) is 18.5 Å². The lowest BCUT2D eigenvalue weighted by Gasteiger charge is -2.18. The van der Waals surface area contributed by atoms with Gasteiger partial charge in [0.05, 0.1) is 21.7 Å². The number of carbonyl (C=O) groups is 2. The summed E-state index contributed by atoms with van der Waals surface area (Å²) < 4.78 is 18.3. The standard InChI is InChI=1S/C20H14Cl2FNO3S/c21-14-3-1-4-15(22)18(14)20(26)27-11-17(25)24-19(16-5-2-10-28-16)12-6-8-13(23)9-7-12/h1-10,19H,11H2,(H,24,25). The molecule has 8 heteroatoms. The van der Waals surface area contributed by atoms with Gasteiger partial charge in [0, 0.05) is 4.88 Å². The third kappa shape index (κ3) is 4.90. The van der Waals surface area contributed by atoms with Crippen molar-refractivity contribution in [3.05, 3.63) is 91.8 Å². The minimum Gasteiger partial charge on any atom is -0.452 e. The number of esters is 1. The molecule has 1 heterocycles. The Kier molecular flexibility index (Phi) is 6.67. The van der Waals surface area contributed by atoms with Crippen LogP contribution >= 0.6 is 34.5 Å². The SMILES string of the molecule is O=C(COC(=O)c1c(Cl)cccc1Cl)NC(c1ccc(F)cc1)c1cccs1. The molecular formula is C20H14Cl2FNO3S. The van der Waals surface area contributed by atoms with Gasteiger partial charge in [-0.2, -0.15) is 0 Å². The van der Waals surface area contributed by atoms with E-state index in [1.807, 2.05) is 17.5 Å². The molecule has 2 aromatic carbocycles. The number of rotatable bonds is 6. The fourth-order valence-corrected chi connectivity index (χ4v) is 3.88. The Morgan fingerprint density at radius 1 is 1.04 bits per heavy atom. The predicted molar refractivity (Wildman–Crippen MR) is 107 cm³/mol. The number of hydrogen-bond donors (Lipinski definition) is 1. The molecule has 1 amide bonds. The van der Waals surface area contributed by atoms with Crippen LogP contribution in [-0.2, 0) is 9.53 Å². The van der Waals surface area contributed by atoms with Crippen LogP contribution in [0.1, 0.15) is 26.8 Å². The summed E-state index contributed by atoms with van der Waals surface area (Å²) in [7, 11) is 0. The largest absolute Gasteiger partial charge is 0.452 e. The van der Waals surface area contributed by atoms with Crippen molar-refractivity contribution in [2.75, 3.05) is 6.61 Å². The molecule has 4 nitrogen and oxygen atoms in total. The first-order valence-electron chi connectivity index (χ1n) is 8.15. The van der Waals surface area contributed by atoms with Gasteiger partial charge in [-0.05, 0) is 41.3 Å². The second kappa shape index (κ2) is 9.19. The summed E-state index contributed by atoms with van der Waals surface area (Å²) in [6, 6.07) is 13.7. The van der Waals surface area contributed by atoms with E-state index in [0.29, 0.717) is 5.56 Å². The lowest BCUT2D eigenvalue weighted by atomic mass is 10.1. The Labute approximate surface area is 174 Å². The Hall–Kier alpha value is -2.41. The zero-order valence-electron chi connectivity index (χ0n) is 14.3. The summed E-state index contributed by atoms with van der Waals surface area (Å²) in [5.74, 6) is -1.68. The highest BCUT2D eigenvalue weighted by molar-refractivity contribution is 7.10. The van der Waals surface area contributed by atoms with Gasteiger partial charge in [-0.25, -0.2) is 9.18 Å². The summed E-state index contributed by atoms with van der Waals surface area (Å²) in [5, 5.41) is 4.95. The Bertz CT molecular complexity index is 957. The van der Waals surface area contributed by atoms with Crippen molar-refractivity contribution >= 4 is 46.4 Å². The number of amides is 1. The van der Waals surface area contributed by atoms with Gasteiger partial charge in [0.15, 0.2) is 6.61 Å². The predicted octanol–water partition coefficient (Wildman–Crippen LogP) is 5.26. The van der Waals surface area contributed by atoms with Crippen molar-refractivity contribution in [2.24, 2.45) is 0 Å². The van der Waals surface area contributed by atoms with E-state index in [4.69, 9.17) is 27.9 Å². The van der Waals surface area contributed by atoms with E-state index in [9.17, 15) is 14.0 Å². The van der Waals surface area contributed by atoms with Crippen LogP contribution < -0.4 is 5.32 Å². The van der Waals surface area contributed by atoms with Crippen LogP contribution in [0.5, 0.6) is 0 Å². The minimum absolute atomic E-state index is 0.00646. The number of hydrogen-bond acceptors (Lipinski definition) is 4. The Morgan fingerprint density at radius 2 is 1.71 bits per heavy atom. The molecule has 28 heavy (non-hydrogen) atoms. The van der Waals surface area contributed by atoms with Crippen LogP contribution in [0.3, 0.4) is 0 Å². The van der Waals surface area contributed by atoms with Crippen molar-refractivity contribution < 1.29 is 18.7 Å². The van der Waals surface area contributed by atoms with Crippen LogP contribution in [0.2, 0.25) is 10.0 Å². The monoisotopic (exact) mass is 437 g/mol. The Morgan fingerprint density at radius 3 is 2.32 bits per heavy atom. The van der Waals surface area contributed by atoms with E-state index in [1.165, 1.54) is 35.6 Å². The molecule has 0 saturated carbocycles. The number of thiophene rings is 1. The van der Waals surface area contributed by atoms with Crippen LogP contribution in [0.4, 0.5) is 4.39 Å². The molecule has 3 aromatic rings. The van der Waals surface area contributed by atoms with Gasteiger partial charge in [0.25, 0.3) is 5.91 Å². The first kappa shape index (κ1) is 20.3. The molecule has 0 fully saturated rings. The third-order valence-electron chi connectivity index (χ3n) is 3.84. The highest BCUT2D eigenvalue weighted by Crippen LogP contribution is 2.27. The van der Waals surface area contributed by atoms with Crippen molar-refractivity contribution in [3.63, 3.8) is 0 Å². The average molecular weight is 438 g/mol. The van der Waals surface area contributed by atoms with Gasteiger partial charge >= 0.3 is 5.97 Å². The fourth-order valence-electron chi connectivity index (χ4n) is 2.53. The first-order valence-corrected chi connectivity index (χ1v) is 9.78. The molecule has 0 bridgehead atoms. The second-order valence-electron chi connectivity index (χ2n) is 5.74. The summed E-state index contributed by atoms with van der Waals surface area (Å²) in [6.45, 7) is -0.510. The van der Waals surface area contributed by atoms with E-state index < -0.39 is 24.5 Å². The molecule has 1 atom stereocenters. The van der Waals surface area contributed by atoms with Crippen LogP contribution in [0, 0.1) is 5.82 Å². The molecule has 1 aromatic heterocycles. The first-order chi connectivity index (χ1) is 13.5. The normalized spacial score (nSPS) is 11.7. The molecule has 1 unspecified atom stereocenters. The smallest absolute Gasteiger partial charge is 0.341 e. The van der Waals surface area contributed by atoms with Gasteiger partial charge in [-0.3, -0.25) is 4.79 Å². The molecule has 0 saturated heterocycles. The van der Waals surface area contributed by atoms with E-state index in [0.717, 1.165) is 4.88 Å². The highest BCUT2D eigenvalue weighted by atomic mass is 35.5. The van der Waals surface area contributed by atoms with Gasteiger partial charge in [-0.15, -0.1) is 11.3 Å². The summed E-state index contributed by atoms with van der Waals surface area (Å²) in [4.78, 5) is 25.4. The zero-order chi connectivity index (χ0) is 20.1. The van der Waals surface area contributed by atoms with Gasteiger partial charge in [0.2, 0.25) is 0 Å². The van der Waals surface area contributed by atoms with Crippen molar-refractivity contribution in [1.82, 2.24) is 5.32 Å². The summed E-state index contributed by atoms with van der Waals surface area (Å²) >= 11 is 13.4. The van der Waals surface area contributed by atoms with Gasteiger partial charge < -0.3 is 10.1 Å². The quantitative estimate of drug-likeness (QED) is 0.535. The summed E-state index contributed by atoms with van der Waals surface area (Å²) in [5.41, 5.74) is 0.713. The topological polar surface area (TPSA) is 55.4 Å². The van der Waals surface area contributed by atoms with Crippen molar-refractivity contribution in [1.29, 1.82) is 0 Å². The fraction of sp³-hybridized carbons (Fsp3) is 0.100. The maximum Gasteiger partial charge on any atom is 0.341 e. The molecule has 144 valence electrons. The van der Waals surface area contributed by atoms with Crippen molar-refractivity contribution in [2.45, 2.75) is 6.04 Å². The Balaban J connectivity index is 1.69. The number of ether oxygens (including phenoxy) is 1. The van der Waals surface area contributed by atoms with E-state index in [-0.39, 0.29) is 21.4 Å². The molecule has 0 aliphatic carbocycles. The number of nitrogens with one attached hydrogen (secondary N) is 1. The minimum atomic E-state index is -0.791. The van der Waals surface area contributed by atoms with Crippen molar-refractivity contribution in [3.8, 4) is 0 Å². The maximum absolute atomic E-state index is 13.2. The second-order valence-corrected chi connectivity index (χ2v) is 7.53. The molecule has 0 spiro atoms. The molecule has 3 rings (SSSR count). The van der Waals surface area contributed by atoms with E-state index in [2.05, 4.69) is 5.32 Å². The van der Waals surface area contributed by atoms with Gasteiger partial charge in [0.1, 0.15) is 5.82 Å². The average Bonchev–Trinajstić information content (AvgIpc) is 3.19. The molecule has 0 radical (unpaired) electrons. The third-order valence-corrected chi connectivity index (χ3v) is 5.40. The highest BCUT2D eigenvalue weighted by Gasteiger charge is 2.21. The van der Waals surface area contributed by atoms with Crippen LogP contribution in [0.15, 0.2) is 60.0 Å². The molecule has 0 aliphatic heterocycles.